The van der Waals surface area contributed by atoms with Crippen LogP contribution in [-0.2, 0) is 6.42 Å². The first-order valence-corrected chi connectivity index (χ1v) is 6.68. The predicted molar refractivity (Wildman–Crippen MR) is 75.6 cm³/mol. The van der Waals surface area contributed by atoms with Crippen molar-refractivity contribution in [1.29, 1.82) is 0 Å². The number of hydrogen-bond acceptors (Lipinski definition) is 5. The minimum Gasteiger partial charge on any atom is -0.495 e. The number of nitrogens with two attached hydrogens (primary N) is 1. The highest BCUT2D eigenvalue weighted by Gasteiger charge is 2.08. The predicted octanol–water partition coefficient (Wildman–Crippen LogP) is 1.71. The Labute approximate surface area is 115 Å². The number of carbonyl (C=O) groups is 1. The molecule has 0 bridgehead atoms. The number of nitrogen functional groups attached to an aromatic ring is 1. The number of ether oxygens (including phenoxy) is 1. The summed E-state index contributed by atoms with van der Waals surface area (Å²) in [6, 6.07) is 4.97. The van der Waals surface area contributed by atoms with Gasteiger partial charge >= 0.3 is 0 Å². The van der Waals surface area contributed by atoms with Crippen molar-refractivity contribution in [3.8, 4) is 5.75 Å². The Morgan fingerprint density at radius 1 is 1.53 bits per heavy atom. The van der Waals surface area contributed by atoms with Gasteiger partial charge in [-0.25, -0.2) is 4.98 Å². The number of nitrogens with one attached hydrogen (secondary N) is 1. The Morgan fingerprint density at radius 3 is 3.05 bits per heavy atom. The molecule has 0 saturated carbocycles. The van der Waals surface area contributed by atoms with Gasteiger partial charge in [-0.15, -0.1) is 11.3 Å². The highest BCUT2D eigenvalue weighted by atomic mass is 32.1. The van der Waals surface area contributed by atoms with Crippen molar-refractivity contribution in [3.05, 3.63) is 40.3 Å². The van der Waals surface area contributed by atoms with Gasteiger partial charge < -0.3 is 15.8 Å². The third-order valence-electron chi connectivity index (χ3n) is 2.60. The Balaban J connectivity index is 1.92. The van der Waals surface area contributed by atoms with E-state index in [-0.39, 0.29) is 5.91 Å². The average molecular weight is 277 g/mol. The fourth-order valence-corrected chi connectivity index (χ4v) is 2.23. The summed E-state index contributed by atoms with van der Waals surface area (Å²) in [5.41, 5.74) is 6.75. The normalized spacial score (nSPS) is 10.2. The molecule has 2 aromatic rings. The van der Waals surface area contributed by atoms with Crippen LogP contribution in [0.15, 0.2) is 29.8 Å². The number of anilines is 1. The number of thiazole rings is 1. The minimum atomic E-state index is -0.144. The molecule has 0 radical (unpaired) electrons. The number of rotatable bonds is 5. The second-order valence-electron chi connectivity index (χ2n) is 3.89. The topological polar surface area (TPSA) is 77.2 Å². The van der Waals surface area contributed by atoms with Gasteiger partial charge in [-0.05, 0) is 18.2 Å². The molecule has 1 amide bonds. The molecule has 0 unspecified atom stereocenters. The summed E-state index contributed by atoms with van der Waals surface area (Å²) in [7, 11) is 1.52. The van der Waals surface area contributed by atoms with Crippen LogP contribution in [0.1, 0.15) is 15.4 Å². The molecule has 6 heteroatoms. The molecular weight excluding hydrogens is 262 g/mol. The molecule has 0 saturated heterocycles. The van der Waals surface area contributed by atoms with E-state index in [0.29, 0.717) is 23.5 Å². The summed E-state index contributed by atoms with van der Waals surface area (Å²) in [5, 5.41) is 5.77. The van der Waals surface area contributed by atoms with Gasteiger partial charge in [0, 0.05) is 30.1 Å². The quantitative estimate of drug-likeness (QED) is 0.816. The Hall–Kier alpha value is -2.08. The van der Waals surface area contributed by atoms with Gasteiger partial charge in [-0.2, -0.15) is 0 Å². The van der Waals surface area contributed by atoms with Crippen LogP contribution < -0.4 is 15.8 Å². The molecule has 19 heavy (non-hydrogen) atoms. The van der Waals surface area contributed by atoms with Crippen LogP contribution in [-0.4, -0.2) is 24.5 Å². The highest BCUT2D eigenvalue weighted by molar-refractivity contribution is 7.09. The molecule has 3 N–H and O–H groups in total. The van der Waals surface area contributed by atoms with Gasteiger partial charge in [0.25, 0.3) is 5.91 Å². The van der Waals surface area contributed by atoms with Gasteiger partial charge in [0.2, 0.25) is 0 Å². The van der Waals surface area contributed by atoms with Crippen molar-refractivity contribution in [1.82, 2.24) is 10.3 Å². The molecule has 0 fully saturated rings. The van der Waals surface area contributed by atoms with Gasteiger partial charge in [-0.1, -0.05) is 0 Å². The van der Waals surface area contributed by atoms with E-state index in [2.05, 4.69) is 10.3 Å². The lowest BCUT2D eigenvalue weighted by molar-refractivity contribution is 0.0954. The fraction of sp³-hybridized carbons (Fsp3) is 0.231. The Kier molecular flexibility index (Phi) is 4.35. The zero-order valence-corrected chi connectivity index (χ0v) is 11.4. The number of nitrogens with zero attached hydrogens (tertiary/aromatic N) is 1. The van der Waals surface area contributed by atoms with Crippen LogP contribution in [0, 0.1) is 0 Å². The molecule has 0 aliphatic heterocycles. The molecule has 100 valence electrons. The first-order valence-electron chi connectivity index (χ1n) is 5.81. The van der Waals surface area contributed by atoms with Crippen LogP contribution in [0.2, 0.25) is 0 Å². The molecule has 5 nitrogen and oxygen atoms in total. The van der Waals surface area contributed by atoms with Gasteiger partial charge in [0.1, 0.15) is 5.75 Å². The molecule has 0 spiro atoms. The second-order valence-corrected chi connectivity index (χ2v) is 4.87. The van der Waals surface area contributed by atoms with Gasteiger partial charge in [0.05, 0.1) is 17.8 Å². The van der Waals surface area contributed by atoms with Crippen molar-refractivity contribution in [2.24, 2.45) is 0 Å². The maximum atomic E-state index is 11.9. The van der Waals surface area contributed by atoms with E-state index in [1.807, 2.05) is 5.38 Å². The summed E-state index contributed by atoms with van der Waals surface area (Å²) in [4.78, 5) is 16.1. The number of amides is 1. The summed E-state index contributed by atoms with van der Waals surface area (Å²) in [5.74, 6) is 0.363. The number of hydrogen-bond donors (Lipinski definition) is 2. The number of carbonyl (C=O) groups excluding carboxylic acids is 1. The van der Waals surface area contributed by atoms with E-state index in [1.165, 1.54) is 7.11 Å². The second kappa shape index (κ2) is 6.19. The monoisotopic (exact) mass is 277 g/mol. The maximum absolute atomic E-state index is 11.9. The van der Waals surface area contributed by atoms with E-state index in [1.54, 1.807) is 35.7 Å². The van der Waals surface area contributed by atoms with Crippen molar-refractivity contribution in [3.63, 3.8) is 0 Å². The van der Waals surface area contributed by atoms with E-state index >= 15 is 0 Å². The van der Waals surface area contributed by atoms with Crippen molar-refractivity contribution in [2.75, 3.05) is 19.4 Å². The molecule has 0 aliphatic carbocycles. The first kappa shape index (κ1) is 13.4. The van der Waals surface area contributed by atoms with E-state index in [0.717, 1.165) is 11.4 Å². The summed E-state index contributed by atoms with van der Waals surface area (Å²) >= 11 is 1.58. The zero-order valence-electron chi connectivity index (χ0n) is 10.6. The molecule has 1 aromatic heterocycles. The number of benzene rings is 1. The van der Waals surface area contributed by atoms with Crippen LogP contribution in [0.5, 0.6) is 5.75 Å². The third kappa shape index (κ3) is 3.45. The maximum Gasteiger partial charge on any atom is 0.251 e. The Morgan fingerprint density at radius 2 is 2.37 bits per heavy atom. The summed E-state index contributed by atoms with van der Waals surface area (Å²) in [6.45, 7) is 0.555. The molecule has 2 rings (SSSR count). The smallest absolute Gasteiger partial charge is 0.251 e. The number of methoxy groups -OCH3 is 1. The van der Waals surface area contributed by atoms with Crippen molar-refractivity contribution >= 4 is 22.9 Å². The van der Waals surface area contributed by atoms with Crippen LogP contribution >= 0.6 is 11.3 Å². The molecule has 1 aromatic carbocycles. The van der Waals surface area contributed by atoms with Crippen LogP contribution in [0.4, 0.5) is 5.69 Å². The highest BCUT2D eigenvalue weighted by Crippen LogP contribution is 2.21. The summed E-state index contributed by atoms with van der Waals surface area (Å²) < 4.78 is 5.09. The fourth-order valence-electron chi connectivity index (χ4n) is 1.61. The Bertz CT molecular complexity index is 555. The van der Waals surface area contributed by atoms with Crippen molar-refractivity contribution < 1.29 is 9.53 Å². The number of aromatic nitrogens is 1. The molecule has 1 heterocycles. The minimum absolute atomic E-state index is 0.144. The largest absolute Gasteiger partial charge is 0.495 e. The van der Waals surface area contributed by atoms with Gasteiger partial charge in [-0.3, -0.25) is 4.79 Å². The molecule has 0 aliphatic rings. The lowest BCUT2D eigenvalue weighted by atomic mass is 10.2. The lowest BCUT2D eigenvalue weighted by Gasteiger charge is -2.08. The molecule has 0 atom stereocenters. The standard InChI is InChI=1S/C13H15N3O2S/c1-18-11-8-9(2-3-10(11)14)13(17)16-5-4-12-15-6-7-19-12/h2-3,6-8H,4-5,14H2,1H3,(H,16,17). The van der Waals surface area contributed by atoms with Crippen LogP contribution in [0.25, 0.3) is 0 Å². The average Bonchev–Trinajstić information content (AvgIpc) is 2.92. The van der Waals surface area contributed by atoms with Gasteiger partial charge in [0.15, 0.2) is 0 Å². The van der Waals surface area contributed by atoms with E-state index < -0.39 is 0 Å². The van der Waals surface area contributed by atoms with Crippen molar-refractivity contribution in [2.45, 2.75) is 6.42 Å². The summed E-state index contributed by atoms with van der Waals surface area (Å²) in [6.07, 6.45) is 2.49. The van der Waals surface area contributed by atoms with E-state index in [4.69, 9.17) is 10.5 Å². The van der Waals surface area contributed by atoms with E-state index in [9.17, 15) is 4.79 Å². The zero-order chi connectivity index (χ0) is 13.7. The molecular formula is C13H15N3O2S. The van der Waals surface area contributed by atoms with Crippen LogP contribution in [0.3, 0.4) is 0 Å². The first-order chi connectivity index (χ1) is 9.20. The SMILES string of the molecule is COc1cc(C(=O)NCCc2nccs2)ccc1N. The third-order valence-corrected chi connectivity index (χ3v) is 3.44. The lowest BCUT2D eigenvalue weighted by Crippen LogP contribution is -2.25.